The lowest BCUT2D eigenvalue weighted by Crippen LogP contribution is -2.44. The normalized spacial score (nSPS) is 18.1. The summed E-state index contributed by atoms with van der Waals surface area (Å²) >= 11 is 0. The van der Waals surface area contributed by atoms with E-state index < -0.39 is 0 Å². The van der Waals surface area contributed by atoms with Crippen molar-refractivity contribution in [3.8, 4) is 0 Å². The second-order valence-electron chi connectivity index (χ2n) is 7.27. The Morgan fingerprint density at radius 1 is 1.00 bits per heavy atom. The van der Waals surface area contributed by atoms with Gasteiger partial charge in [0, 0.05) is 0 Å². The Balaban J connectivity index is 4.66. The molecule has 0 aliphatic carbocycles. The second-order valence-corrected chi connectivity index (χ2v) is 7.27. The lowest BCUT2D eigenvalue weighted by atomic mass is 9.76. The quantitative estimate of drug-likeness (QED) is 0.638. The average molecular weight is 284 g/mol. The minimum Gasteiger partial charge on any atom is -0.307 e. The van der Waals surface area contributed by atoms with Crippen LogP contribution in [-0.4, -0.2) is 18.4 Å². The largest absolute Gasteiger partial charge is 0.307 e. The molecule has 0 fully saturated rings. The number of carbonyl (C=O) groups is 1. The highest BCUT2D eigenvalue weighted by molar-refractivity contribution is 5.81. The third-order valence-electron chi connectivity index (χ3n) is 4.85. The van der Waals surface area contributed by atoms with Crippen molar-refractivity contribution in [1.29, 1.82) is 0 Å². The molecule has 1 N–H and O–H groups in total. The van der Waals surface area contributed by atoms with Gasteiger partial charge in [-0.3, -0.25) is 4.79 Å². The van der Waals surface area contributed by atoms with E-state index in [1.807, 2.05) is 0 Å². The fourth-order valence-corrected chi connectivity index (χ4v) is 3.28. The minimum absolute atomic E-state index is 0.00457. The molecule has 0 rings (SSSR count). The molecule has 0 saturated carbocycles. The lowest BCUT2D eigenvalue weighted by molar-refractivity contribution is -0.120. The summed E-state index contributed by atoms with van der Waals surface area (Å²) in [7, 11) is 0. The van der Waals surface area contributed by atoms with Crippen LogP contribution in [-0.2, 0) is 4.79 Å². The van der Waals surface area contributed by atoms with E-state index in [9.17, 15) is 4.79 Å². The van der Waals surface area contributed by atoms with Crippen LogP contribution in [0.3, 0.4) is 0 Å². The van der Waals surface area contributed by atoms with Crippen LogP contribution in [0.15, 0.2) is 0 Å². The second kappa shape index (κ2) is 9.55. The van der Waals surface area contributed by atoms with Crippen molar-refractivity contribution in [2.75, 3.05) is 6.54 Å². The summed E-state index contributed by atoms with van der Waals surface area (Å²) in [4.78, 5) is 11.7. The van der Waals surface area contributed by atoms with Crippen LogP contribution in [0.1, 0.15) is 68.2 Å². The van der Waals surface area contributed by atoms with Crippen molar-refractivity contribution < 1.29 is 4.79 Å². The Morgan fingerprint density at radius 3 is 1.90 bits per heavy atom. The molecule has 4 atom stereocenters. The van der Waals surface area contributed by atoms with Crippen LogP contribution in [0.5, 0.6) is 0 Å². The fourth-order valence-electron chi connectivity index (χ4n) is 3.28. The maximum Gasteiger partial charge on any atom is 0.146 e. The predicted octanol–water partition coefficient (Wildman–Crippen LogP) is 4.53. The van der Waals surface area contributed by atoms with Gasteiger partial charge in [0.15, 0.2) is 0 Å². The minimum atomic E-state index is 0.00457. The summed E-state index contributed by atoms with van der Waals surface area (Å²) in [5, 5.41) is 3.53. The van der Waals surface area contributed by atoms with Gasteiger partial charge in [0.2, 0.25) is 0 Å². The Kier molecular flexibility index (Phi) is 9.37. The van der Waals surface area contributed by atoms with Crippen LogP contribution >= 0.6 is 0 Å². The molecule has 0 aromatic carbocycles. The van der Waals surface area contributed by atoms with Crippen LogP contribution < -0.4 is 5.32 Å². The highest BCUT2D eigenvalue weighted by Gasteiger charge is 2.27. The lowest BCUT2D eigenvalue weighted by Gasteiger charge is -2.33. The van der Waals surface area contributed by atoms with Crippen LogP contribution in [0.2, 0.25) is 0 Å². The zero-order valence-corrected chi connectivity index (χ0v) is 15.0. The van der Waals surface area contributed by atoms with E-state index in [0.29, 0.717) is 23.7 Å². The van der Waals surface area contributed by atoms with Crippen molar-refractivity contribution in [3.05, 3.63) is 0 Å². The molecule has 2 nitrogen and oxygen atoms in total. The van der Waals surface area contributed by atoms with E-state index in [0.717, 1.165) is 12.5 Å². The van der Waals surface area contributed by atoms with E-state index in [2.05, 4.69) is 53.8 Å². The molecule has 0 radical (unpaired) electrons. The van der Waals surface area contributed by atoms with Gasteiger partial charge in [-0.25, -0.2) is 0 Å². The third kappa shape index (κ3) is 6.39. The molecule has 0 aliphatic heterocycles. The van der Waals surface area contributed by atoms with Crippen LogP contribution in [0.25, 0.3) is 0 Å². The average Bonchev–Trinajstić information content (AvgIpc) is 2.32. The highest BCUT2D eigenvalue weighted by atomic mass is 16.1. The van der Waals surface area contributed by atoms with Crippen LogP contribution in [0, 0.1) is 29.6 Å². The zero-order valence-electron chi connectivity index (χ0n) is 15.0. The van der Waals surface area contributed by atoms with Gasteiger partial charge < -0.3 is 5.32 Å². The topological polar surface area (TPSA) is 29.1 Å². The van der Waals surface area contributed by atoms with Gasteiger partial charge in [-0.15, -0.1) is 0 Å². The number of Topliss-reactive ketones (excluding diaryl/α,β-unsaturated/α-hetero) is 1. The van der Waals surface area contributed by atoms with Crippen molar-refractivity contribution in [1.82, 2.24) is 5.32 Å². The summed E-state index contributed by atoms with van der Waals surface area (Å²) < 4.78 is 0. The summed E-state index contributed by atoms with van der Waals surface area (Å²) in [5.74, 6) is 3.36. The molecule has 0 heterocycles. The first-order valence-electron chi connectivity index (χ1n) is 8.46. The summed E-state index contributed by atoms with van der Waals surface area (Å²) in [6, 6.07) is 0.00457. The van der Waals surface area contributed by atoms with Gasteiger partial charge in [-0.2, -0.15) is 0 Å². The third-order valence-corrected chi connectivity index (χ3v) is 4.85. The van der Waals surface area contributed by atoms with Gasteiger partial charge in [0.25, 0.3) is 0 Å². The Hall–Kier alpha value is -0.370. The fraction of sp³-hybridized carbons (Fsp3) is 0.944. The maximum absolute atomic E-state index is 11.7. The van der Waals surface area contributed by atoms with Gasteiger partial charge in [0.05, 0.1) is 6.04 Å². The molecule has 0 aliphatic rings. The molecule has 3 unspecified atom stereocenters. The van der Waals surface area contributed by atoms with Gasteiger partial charge in [-0.05, 0) is 43.1 Å². The van der Waals surface area contributed by atoms with Crippen molar-refractivity contribution in [3.63, 3.8) is 0 Å². The Morgan fingerprint density at radius 2 is 1.55 bits per heavy atom. The van der Waals surface area contributed by atoms with Crippen molar-refractivity contribution >= 4 is 5.78 Å². The van der Waals surface area contributed by atoms with E-state index in [1.165, 1.54) is 12.8 Å². The van der Waals surface area contributed by atoms with E-state index >= 15 is 0 Å². The summed E-state index contributed by atoms with van der Waals surface area (Å²) in [6.07, 6.45) is 2.55. The smallest absolute Gasteiger partial charge is 0.146 e. The Labute approximate surface area is 127 Å². The predicted molar refractivity (Wildman–Crippen MR) is 88.9 cm³/mol. The molecular formula is C18H37NO. The monoisotopic (exact) mass is 283 g/mol. The summed E-state index contributed by atoms with van der Waals surface area (Å²) in [5.41, 5.74) is 0. The first kappa shape index (κ1) is 19.6. The first-order valence-corrected chi connectivity index (χ1v) is 8.46. The molecular weight excluding hydrogens is 246 g/mol. The molecule has 0 aromatic heterocycles. The molecule has 0 aromatic rings. The molecule has 0 amide bonds. The van der Waals surface area contributed by atoms with E-state index in [1.54, 1.807) is 6.92 Å². The Bertz CT molecular complexity index is 273. The number of hydrogen-bond donors (Lipinski definition) is 1. The zero-order chi connectivity index (χ0) is 15.9. The van der Waals surface area contributed by atoms with Gasteiger partial charge in [-0.1, -0.05) is 61.3 Å². The molecule has 120 valence electrons. The van der Waals surface area contributed by atoms with Crippen molar-refractivity contribution in [2.24, 2.45) is 29.6 Å². The van der Waals surface area contributed by atoms with Crippen molar-refractivity contribution in [2.45, 2.75) is 74.3 Å². The number of rotatable bonds is 10. The standard InChI is InChI=1S/C18H37NO/c1-9-10-14(6)15(7)17(12(2)3)11-19-18(13(4)5)16(8)20/h12-15,17-19H,9-11H2,1-8H3/t14?,15?,17?,18-/m1/s1. The van der Waals surface area contributed by atoms with Crippen LogP contribution in [0.4, 0.5) is 0 Å². The number of hydrogen-bond acceptors (Lipinski definition) is 2. The molecule has 0 bridgehead atoms. The maximum atomic E-state index is 11.7. The number of carbonyl (C=O) groups excluding carboxylic acids is 1. The molecule has 0 saturated heterocycles. The molecule has 0 spiro atoms. The van der Waals surface area contributed by atoms with E-state index in [-0.39, 0.29) is 11.8 Å². The number of nitrogens with one attached hydrogen (secondary N) is 1. The molecule has 2 heteroatoms. The van der Waals surface area contributed by atoms with E-state index in [4.69, 9.17) is 0 Å². The molecule has 20 heavy (non-hydrogen) atoms. The van der Waals surface area contributed by atoms with Gasteiger partial charge >= 0.3 is 0 Å². The van der Waals surface area contributed by atoms with Gasteiger partial charge in [0.1, 0.15) is 5.78 Å². The summed E-state index contributed by atoms with van der Waals surface area (Å²) in [6.45, 7) is 18.5. The first-order chi connectivity index (χ1) is 9.22. The SMILES string of the molecule is CCCC(C)C(C)C(CN[C@@H](C(C)=O)C(C)C)C(C)C. The number of ketones is 1. The highest BCUT2D eigenvalue weighted by Crippen LogP contribution is 2.29.